The van der Waals surface area contributed by atoms with Crippen LogP contribution in [0.15, 0.2) is 51.6 Å². The molecule has 0 bridgehead atoms. The quantitative estimate of drug-likeness (QED) is 0.575. The second-order valence-corrected chi connectivity index (χ2v) is 4.07. The first-order chi connectivity index (χ1) is 6.83. The van der Waals surface area contributed by atoms with E-state index in [2.05, 4.69) is 40.2 Å². The molecule has 3 aromatic rings. The van der Waals surface area contributed by atoms with E-state index in [4.69, 9.17) is 4.42 Å². The van der Waals surface area contributed by atoms with Gasteiger partial charge in [-0.05, 0) is 44.9 Å². The minimum atomic E-state index is 0.780. The number of fused-ring (bicyclic) bond motifs is 2. The average Bonchev–Trinajstić information content (AvgIpc) is 2.53. The summed E-state index contributed by atoms with van der Waals surface area (Å²) in [7, 11) is 0. The highest BCUT2D eigenvalue weighted by Crippen LogP contribution is 2.27. The summed E-state index contributed by atoms with van der Waals surface area (Å²) >= 11 is 3.33. The van der Waals surface area contributed by atoms with Gasteiger partial charge in [0.2, 0.25) is 0 Å². The Kier molecular flexibility index (Phi) is 1.64. The molecule has 0 aliphatic carbocycles. The van der Waals surface area contributed by atoms with Crippen LogP contribution in [0.3, 0.4) is 0 Å². The van der Waals surface area contributed by atoms with Crippen LogP contribution in [-0.4, -0.2) is 0 Å². The van der Waals surface area contributed by atoms with Crippen LogP contribution in [-0.2, 0) is 0 Å². The Hall–Kier alpha value is -1.28. The zero-order valence-corrected chi connectivity index (χ0v) is 8.91. The fraction of sp³-hybridized carbons (Fsp3) is 0. The van der Waals surface area contributed by atoms with Gasteiger partial charge in [0.1, 0.15) is 5.58 Å². The Morgan fingerprint density at radius 1 is 0.857 bits per heavy atom. The number of halogens is 1. The Balaban J connectivity index is 2.51. The summed E-state index contributed by atoms with van der Waals surface area (Å²) in [4.78, 5) is 0. The van der Waals surface area contributed by atoms with Crippen molar-refractivity contribution in [3.8, 4) is 0 Å². The van der Waals surface area contributed by atoms with E-state index in [0.717, 1.165) is 15.6 Å². The van der Waals surface area contributed by atoms with Gasteiger partial charge in [-0.1, -0.05) is 24.3 Å². The van der Waals surface area contributed by atoms with Crippen molar-refractivity contribution in [3.05, 3.63) is 47.1 Å². The number of hydrogen-bond acceptors (Lipinski definition) is 1. The van der Waals surface area contributed by atoms with Crippen molar-refractivity contribution in [1.82, 2.24) is 0 Å². The second kappa shape index (κ2) is 2.85. The molecule has 2 aromatic carbocycles. The molecule has 1 nitrogen and oxygen atoms in total. The van der Waals surface area contributed by atoms with Crippen LogP contribution in [0.1, 0.15) is 0 Å². The number of furan rings is 1. The zero-order chi connectivity index (χ0) is 9.54. The standard InChI is InChI=1S/C12H7BrO/c13-12-7-10-5-8-3-1-2-4-9(8)6-11(10)14-12/h1-7H. The molecule has 0 amide bonds. The van der Waals surface area contributed by atoms with E-state index in [0.29, 0.717) is 0 Å². The van der Waals surface area contributed by atoms with Crippen LogP contribution in [0, 0.1) is 0 Å². The van der Waals surface area contributed by atoms with E-state index in [1.807, 2.05) is 18.2 Å². The third-order valence-electron chi connectivity index (χ3n) is 2.35. The molecule has 3 rings (SSSR count). The summed E-state index contributed by atoms with van der Waals surface area (Å²) in [5.74, 6) is 0. The summed E-state index contributed by atoms with van der Waals surface area (Å²) in [5, 5.41) is 3.59. The van der Waals surface area contributed by atoms with Gasteiger partial charge in [0.05, 0.1) is 0 Å². The van der Waals surface area contributed by atoms with Gasteiger partial charge >= 0.3 is 0 Å². The first-order valence-electron chi connectivity index (χ1n) is 4.41. The smallest absolute Gasteiger partial charge is 0.170 e. The second-order valence-electron chi connectivity index (χ2n) is 3.29. The maximum absolute atomic E-state index is 5.49. The van der Waals surface area contributed by atoms with E-state index >= 15 is 0 Å². The van der Waals surface area contributed by atoms with Crippen molar-refractivity contribution >= 4 is 37.7 Å². The summed E-state index contributed by atoms with van der Waals surface area (Å²) < 4.78 is 6.27. The molecule has 0 saturated carbocycles. The summed E-state index contributed by atoms with van der Waals surface area (Å²) in [5.41, 5.74) is 0.926. The van der Waals surface area contributed by atoms with Crippen LogP contribution in [0.25, 0.3) is 21.7 Å². The molecule has 68 valence electrons. The first-order valence-corrected chi connectivity index (χ1v) is 5.20. The molecule has 0 aliphatic heterocycles. The Morgan fingerprint density at radius 2 is 1.57 bits per heavy atom. The molecule has 0 atom stereocenters. The van der Waals surface area contributed by atoms with Gasteiger partial charge in [-0.3, -0.25) is 0 Å². The van der Waals surface area contributed by atoms with Crippen LogP contribution in [0.2, 0.25) is 0 Å². The van der Waals surface area contributed by atoms with E-state index in [-0.39, 0.29) is 0 Å². The summed E-state index contributed by atoms with van der Waals surface area (Å²) in [6.45, 7) is 0. The maximum atomic E-state index is 5.49. The summed E-state index contributed by atoms with van der Waals surface area (Å²) in [6, 6.07) is 14.5. The highest BCUT2D eigenvalue weighted by Gasteiger charge is 2.02. The number of rotatable bonds is 0. The Bertz CT molecular complexity index is 557. The maximum Gasteiger partial charge on any atom is 0.170 e. The monoisotopic (exact) mass is 246 g/mol. The van der Waals surface area contributed by atoms with Crippen molar-refractivity contribution in [2.24, 2.45) is 0 Å². The topological polar surface area (TPSA) is 13.1 Å². The first kappa shape index (κ1) is 8.06. The van der Waals surface area contributed by atoms with Crippen LogP contribution in [0.4, 0.5) is 0 Å². The minimum Gasteiger partial charge on any atom is -0.449 e. The average molecular weight is 247 g/mol. The lowest BCUT2D eigenvalue weighted by Gasteiger charge is -1.95. The molecule has 0 unspecified atom stereocenters. The lowest BCUT2D eigenvalue weighted by Crippen LogP contribution is -1.70. The molecule has 14 heavy (non-hydrogen) atoms. The molecule has 0 N–H and O–H groups in total. The molecule has 0 spiro atoms. The highest BCUT2D eigenvalue weighted by molar-refractivity contribution is 9.10. The van der Waals surface area contributed by atoms with Gasteiger partial charge in [0.25, 0.3) is 0 Å². The van der Waals surface area contributed by atoms with Gasteiger partial charge in [-0.25, -0.2) is 0 Å². The Morgan fingerprint density at radius 3 is 2.36 bits per heavy atom. The molecular weight excluding hydrogens is 240 g/mol. The minimum absolute atomic E-state index is 0.780. The lowest BCUT2D eigenvalue weighted by molar-refractivity contribution is 0.588. The number of benzene rings is 2. The van der Waals surface area contributed by atoms with Crippen LogP contribution >= 0.6 is 15.9 Å². The molecule has 2 heteroatoms. The molecule has 1 aromatic heterocycles. The van der Waals surface area contributed by atoms with Gasteiger partial charge in [-0.15, -0.1) is 0 Å². The third-order valence-corrected chi connectivity index (χ3v) is 2.75. The van der Waals surface area contributed by atoms with Crippen molar-refractivity contribution < 1.29 is 4.42 Å². The predicted octanol–water partition coefficient (Wildman–Crippen LogP) is 4.35. The summed E-state index contributed by atoms with van der Waals surface area (Å²) in [6.07, 6.45) is 0. The van der Waals surface area contributed by atoms with Crippen molar-refractivity contribution in [2.45, 2.75) is 0 Å². The molecule has 0 radical (unpaired) electrons. The Labute approximate surface area is 89.5 Å². The van der Waals surface area contributed by atoms with Crippen LogP contribution < -0.4 is 0 Å². The molecule has 1 heterocycles. The normalized spacial score (nSPS) is 11.2. The van der Waals surface area contributed by atoms with Gasteiger partial charge in [-0.2, -0.15) is 0 Å². The van der Waals surface area contributed by atoms with E-state index < -0.39 is 0 Å². The molecule has 0 saturated heterocycles. The predicted molar refractivity (Wildman–Crippen MR) is 61.4 cm³/mol. The van der Waals surface area contributed by atoms with Gasteiger partial charge < -0.3 is 4.42 Å². The van der Waals surface area contributed by atoms with E-state index in [9.17, 15) is 0 Å². The lowest BCUT2D eigenvalue weighted by atomic mass is 10.1. The SMILES string of the molecule is Brc1cc2cc3ccccc3cc2o1. The van der Waals surface area contributed by atoms with Crippen molar-refractivity contribution in [2.75, 3.05) is 0 Å². The highest BCUT2D eigenvalue weighted by atomic mass is 79.9. The third kappa shape index (κ3) is 1.15. The van der Waals surface area contributed by atoms with Crippen molar-refractivity contribution in [1.29, 1.82) is 0 Å². The van der Waals surface area contributed by atoms with Gasteiger partial charge in [0, 0.05) is 5.39 Å². The molecular formula is C12H7BrO. The number of hydrogen-bond donors (Lipinski definition) is 0. The fourth-order valence-corrected chi connectivity index (χ4v) is 2.12. The molecule has 0 fully saturated rings. The van der Waals surface area contributed by atoms with Crippen LogP contribution in [0.5, 0.6) is 0 Å². The zero-order valence-electron chi connectivity index (χ0n) is 7.33. The van der Waals surface area contributed by atoms with Gasteiger partial charge in [0.15, 0.2) is 4.67 Å². The molecule has 0 aliphatic rings. The van der Waals surface area contributed by atoms with Crippen molar-refractivity contribution in [3.63, 3.8) is 0 Å². The largest absolute Gasteiger partial charge is 0.449 e. The van der Waals surface area contributed by atoms with E-state index in [1.54, 1.807) is 0 Å². The fourth-order valence-electron chi connectivity index (χ4n) is 1.69. The van der Waals surface area contributed by atoms with E-state index in [1.165, 1.54) is 10.8 Å².